The molecule has 0 aliphatic rings. The largest absolute Gasteiger partial charge is 0.477 e. The van der Waals surface area contributed by atoms with E-state index in [9.17, 15) is 4.79 Å². The van der Waals surface area contributed by atoms with Gasteiger partial charge < -0.3 is 10.1 Å². The number of amides is 1. The van der Waals surface area contributed by atoms with Crippen LogP contribution in [0.1, 0.15) is 13.3 Å². The highest BCUT2D eigenvalue weighted by Crippen LogP contribution is 2.30. The van der Waals surface area contributed by atoms with Crippen molar-refractivity contribution in [2.75, 3.05) is 24.3 Å². The number of ether oxygens (including phenoxy) is 1. The van der Waals surface area contributed by atoms with Gasteiger partial charge in [0.1, 0.15) is 0 Å². The van der Waals surface area contributed by atoms with E-state index in [4.69, 9.17) is 4.74 Å². The number of aromatic nitrogens is 2. The lowest BCUT2D eigenvalue weighted by Gasteiger charge is -2.12. The van der Waals surface area contributed by atoms with Gasteiger partial charge >= 0.3 is 0 Å². The third-order valence-electron chi connectivity index (χ3n) is 2.82. The number of nitrogens with one attached hydrogen (secondary N) is 2. The fourth-order valence-corrected chi connectivity index (χ4v) is 1.88. The van der Waals surface area contributed by atoms with Gasteiger partial charge in [-0.15, -0.1) is 0 Å². The molecular formula is C15H18N4O2. The Morgan fingerprint density at radius 1 is 1.43 bits per heavy atom. The Balaban J connectivity index is 2.55. The van der Waals surface area contributed by atoms with E-state index in [1.165, 1.54) is 6.08 Å². The van der Waals surface area contributed by atoms with Crippen LogP contribution in [0.5, 0.6) is 5.88 Å². The summed E-state index contributed by atoms with van der Waals surface area (Å²) in [6.07, 6.45) is 2.03. The topological polar surface area (TPSA) is 76.1 Å². The van der Waals surface area contributed by atoms with E-state index in [-0.39, 0.29) is 11.9 Å². The van der Waals surface area contributed by atoms with Crippen LogP contribution in [0.3, 0.4) is 0 Å². The Kier molecular flexibility index (Phi) is 4.71. The second-order valence-electron chi connectivity index (χ2n) is 4.34. The number of fused-ring (bicyclic) bond motifs is 1. The van der Waals surface area contributed by atoms with Crippen molar-refractivity contribution in [3.8, 4) is 5.88 Å². The first-order valence-corrected chi connectivity index (χ1v) is 6.74. The minimum absolute atomic E-state index is 0.201. The van der Waals surface area contributed by atoms with E-state index >= 15 is 0 Å². The number of hydrogen-bond acceptors (Lipinski definition) is 5. The maximum absolute atomic E-state index is 11.4. The summed E-state index contributed by atoms with van der Waals surface area (Å²) >= 11 is 0. The summed E-state index contributed by atoms with van der Waals surface area (Å²) in [7, 11) is 1.83. The molecule has 0 saturated carbocycles. The van der Waals surface area contributed by atoms with E-state index in [0.29, 0.717) is 18.0 Å². The zero-order valence-corrected chi connectivity index (χ0v) is 12.1. The first-order valence-electron chi connectivity index (χ1n) is 6.74. The highest BCUT2D eigenvalue weighted by atomic mass is 16.5. The van der Waals surface area contributed by atoms with Crippen molar-refractivity contribution in [3.63, 3.8) is 0 Å². The predicted octanol–water partition coefficient (Wildman–Crippen LogP) is 2.58. The molecule has 0 fully saturated rings. The summed E-state index contributed by atoms with van der Waals surface area (Å²) in [5, 5.41) is 6.45. The van der Waals surface area contributed by atoms with Gasteiger partial charge in [-0.2, -0.15) is 4.98 Å². The first-order chi connectivity index (χ1) is 10.2. The molecule has 2 N–H and O–H groups in total. The molecule has 1 heterocycles. The molecule has 0 atom stereocenters. The van der Waals surface area contributed by atoms with Crippen LogP contribution >= 0.6 is 0 Å². The highest BCUT2D eigenvalue weighted by molar-refractivity contribution is 6.00. The maximum atomic E-state index is 11.4. The molecule has 110 valence electrons. The SMILES string of the molecule is C=CC(=O)Nc1nc(OCCC)c2c(NC)cccc2n1. The zero-order valence-electron chi connectivity index (χ0n) is 12.1. The van der Waals surface area contributed by atoms with Crippen LogP contribution in [-0.4, -0.2) is 29.5 Å². The van der Waals surface area contributed by atoms with E-state index in [0.717, 1.165) is 17.5 Å². The van der Waals surface area contributed by atoms with Crippen LogP contribution in [0.15, 0.2) is 30.9 Å². The maximum Gasteiger partial charge on any atom is 0.250 e. The van der Waals surface area contributed by atoms with Gasteiger partial charge in [-0.05, 0) is 24.6 Å². The van der Waals surface area contributed by atoms with Gasteiger partial charge in [0.2, 0.25) is 17.7 Å². The summed E-state index contributed by atoms with van der Waals surface area (Å²) in [6, 6.07) is 5.65. The van der Waals surface area contributed by atoms with Gasteiger partial charge in [0.25, 0.3) is 0 Å². The molecule has 0 bridgehead atoms. The molecule has 0 aliphatic carbocycles. The molecule has 0 saturated heterocycles. The van der Waals surface area contributed by atoms with E-state index in [1.807, 2.05) is 32.2 Å². The smallest absolute Gasteiger partial charge is 0.250 e. The Morgan fingerprint density at radius 2 is 2.24 bits per heavy atom. The minimum Gasteiger partial charge on any atom is -0.477 e. The fraction of sp³-hybridized carbons (Fsp3) is 0.267. The van der Waals surface area contributed by atoms with Crippen molar-refractivity contribution in [1.29, 1.82) is 0 Å². The molecule has 0 aliphatic heterocycles. The molecule has 0 spiro atoms. The Morgan fingerprint density at radius 3 is 2.90 bits per heavy atom. The zero-order chi connectivity index (χ0) is 15.2. The van der Waals surface area contributed by atoms with Crippen LogP contribution < -0.4 is 15.4 Å². The van der Waals surface area contributed by atoms with E-state index in [2.05, 4.69) is 27.2 Å². The minimum atomic E-state index is -0.361. The van der Waals surface area contributed by atoms with Gasteiger partial charge in [-0.1, -0.05) is 19.6 Å². The van der Waals surface area contributed by atoms with Crippen LogP contribution in [-0.2, 0) is 4.79 Å². The van der Waals surface area contributed by atoms with Crippen molar-refractivity contribution in [3.05, 3.63) is 30.9 Å². The standard InChI is InChI=1S/C15H18N4O2/c1-4-9-21-14-13-10(16-3)7-6-8-11(13)17-15(19-14)18-12(20)5-2/h5-8,16H,2,4,9H2,1,3H3,(H,17,18,19,20). The van der Waals surface area contributed by atoms with Crippen LogP contribution in [0, 0.1) is 0 Å². The molecule has 0 unspecified atom stereocenters. The predicted molar refractivity (Wildman–Crippen MR) is 83.7 cm³/mol. The Labute approximate surface area is 123 Å². The molecule has 2 rings (SSSR count). The van der Waals surface area contributed by atoms with E-state index in [1.54, 1.807) is 0 Å². The molecule has 2 aromatic rings. The molecule has 6 nitrogen and oxygen atoms in total. The lowest BCUT2D eigenvalue weighted by Crippen LogP contribution is -2.12. The van der Waals surface area contributed by atoms with Gasteiger partial charge in [0.15, 0.2) is 0 Å². The van der Waals surface area contributed by atoms with E-state index < -0.39 is 0 Å². The lowest BCUT2D eigenvalue weighted by atomic mass is 10.2. The number of benzene rings is 1. The van der Waals surface area contributed by atoms with Gasteiger partial charge in [0, 0.05) is 12.7 Å². The third kappa shape index (κ3) is 3.28. The number of hydrogen-bond donors (Lipinski definition) is 2. The second kappa shape index (κ2) is 6.69. The molecule has 1 aromatic heterocycles. The fourth-order valence-electron chi connectivity index (χ4n) is 1.88. The highest BCUT2D eigenvalue weighted by Gasteiger charge is 2.13. The summed E-state index contributed by atoms with van der Waals surface area (Å²) in [5.41, 5.74) is 1.57. The molecular weight excluding hydrogens is 268 g/mol. The number of carbonyl (C=O) groups is 1. The number of nitrogens with zero attached hydrogens (tertiary/aromatic N) is 2. The molecule has 1 amide bonds. The molecule has 1 aromatic carbocycles. The average Bonchev–Trinajstić information content (AvgIpc) is 2.51. The monoisotopic (exact) mass is 286 g/mol. The van der Waals surface area contributed by atoms with Crippen molar-refractivity contribution in [2.24, 2.45) is 0 Å². The van der Waals surface area contributed by atoms with Crippen molar-refractivity contribution < 1.29 is 9.53 Å². The Bertz CT molecular complexity index is 670. The number of anilines is 2. The molecule has 6 heteroatoms. The summed E-state index contributed by atoms with van der Waals surface area (Å²) in [4.78, 5) is 20.0. The summed E-state index contributed by atoms with van der Waals surface area (Å²) in [6.45, 7) is 5.97. The number of rotatable bonds is 6. The third-order valence-corrected chi connectivity index (χ3v) is 2.82. The van der Waals surface area contributed by atoms with Crippen LogP contribution in [0.25, 0.3) is 10.9 Å². The lowest BCUT2D eigenvalue weighted by molar-refractivity contribution is -0.111. The van der Waals surface area contributed by atoms with Gasteiger partial charge in [0.05, 0.1) is 17.5 Å². The van der Waals surface area contributed by atoms with Gasteiger partial charge in [-0.25, -0.2) is 4.98 Å². The Hall–Kier alpha value is -2.63. The van der Waals surface area contributed by atoms with Gasteiger partial charge in [-0.3, -0.25) is 10.1 Å². The number of carbonyl (C=O) groups excluding carboxylic acids is 1. The molecule has 21 heavy (non-hydrogen) atoms. The summed E-state index contributed by atoms with van der Waals surface area (Å²) in [5.74, 6) is 0.290. The summed E-state index contributed by atoms with van der Waals surface area (Å²) < 4.78 is 5.70. The van der Waals surface area contributed by atoms with Crippen LogP contribution in [0.4, 0.5) is 11.6 Å². The van der Waals surface area contributed by atoms with Crippen molar-refractivity contribution in [2.45, 2.75) is 13.3 Å². The van der Waals surface area contributed by atoms with Crippen LogP contribution in [0.2, 0.25) is 0 Å². The van der Waals surface area contributed by atoms with Crippen molar-refractivity contribution >= 4 is 28.4 Å². The normalized spacial score (nSPS) is 10.2. The first kappa shape index (κ1) is 14.8. The quantitative estimate of drug-likeness (QED) is 0.798. The second-order valence-corrected chi connectivity index (χ2v) is 4.34. The average molecular weight is 286 g/mol. The van der Waals surface area contributed by atoms with Crippen molar-refractivity contribution in [1.82, 2.24) is 9.97 Å². The molecule has 0 radical (unpaired) electrons.